The summed E-state index contributed by atoms with van der Waals surface area (Å²) in [5.41, 5.74) is 3.03. The molecule has 3 aromatic carbocycles. The van der Waals surface area contributed by atoms with Gasteiger partial charge in [-0.15, -0.1) is 0 Å². The number of amides is 1. The Morgan fingerprint density at radius 2 is 1.80 bits per heavy atom. The smallest absolute Gasteiger partial charge is 0.259 e. The number of aromatic nitrogens is 2. The van der Waals surface area contributed by atoms with Gasteiger partial charge in [0.25, 0.3) is 5.91 Å². The number of carbonyl (C=O) groups excluding carboxylic acids is 1. The Labute approximate surface area is 171 Å². The third-order valence-electron chi connectivity index (χ3n) is 5.15. The van der Waals surface area contributed by atoms with Crippen LogP contribution in [0.15, 0.2) is 82.1 Å². The summed E-state index contributed by atoms with van der Waals surface area (Å²) in [5, 5.41) is 11.1. The number of hydrogen-bond donors (Lipinski definition) is 2. The number of carbonyl (C=O) groups is 1. The SMILES string of the molecule is Cc1c(-c2ccccc2)oc2c(C(=O)Nc3cccc4cn[nH]c34)cccc2c1=O. The van der Waals surface area contributed by atoms with Crippen LogP contribution in [-0.4, -0.2) is 16.1 Å². The molecule has 30 heavy (non-hydrogen) atoms. The van der Waals surface area contributed by atoms with E-state index in [0.29, 0.717) is 28.0 Å². The Bertz CT molecular complexity index is 1470. The summed E-state index contributed by atoms with van der Waals surface area (Å²) >= 11 is 0. The lowest BCUT2D eigenvalue weighted by molar-refractivity contribution is 0.102. The molecule has 5 rings (SSSR count). The lowest BCUT2D eigenvalue weighted by atomic mass is 10.0. The number of H-pyrrole nitrogens is 1. The lowest BCUT2D eigenvalue weighted by Gasteiger charge is -2.11. The minimum atomic E-state index is -0.367. The van der Waals surface area contributed by atoms with Crippen molar-refractivity contribution < 1.29 is 9.21 Å². The van der Waals surface area contributed by atoms with Gasteiger partial charge in [-0.25, -0.2) is 0 Å². The van der Waals surface area contributed by atoms with Gasteiger partial charge in [-0.2, -0.15) is 5.10 Å². The summed E-state index contributed by atoms with van der Waals surface area (Å²) in [5.74, 6) is 0.0951. The van der Waals surface area contributed by atoms with Crippen LogP contribution in [0.3, 0.4) is 0 Å². The highest BCUT2D eigenvalue weighted by Gasteiger charge is 2.19. The van der Waals surface area contributed by atoms with E-state index < -0.39 is 0 Å². The van der Waals surface area contributed by atoms with E-state index in [4.69, 9.17) is 4.42 Å². The average Bonchev–Trinajstić information content (AvgIpc) is 3.26. The van der Waals surface area contributed by atoms with Crippen LogP contribution in [0.1, 0.15) is 15.9 Å². The predicted octanol–water partition coefficient (Wildman–Crippen LogP) is 4.90. The van der Waals surface area contributed by atoms with E-state index in [9.17, 15) is 9.59 Å². The van der Waals surface area contributed by atoms with Gasteiger partial charge in [0.05, 0.1) is 28.4 Å². The number of benzene rings is 3. The molecule has 0 atom stereocenters. The molecule has 0 spiro atoms. The van der Waals surface area contributed by atoms with E-state index in [2.05, 4.69) is 15.5 Å². The lowest BCUT2D eigenvalue weighted by Crippen LogP contribution is -2.15. The zero-order chi connectivity index (χ0) is 20.7. The summed E-state index contributed by atoms with van der Waals surface area (Å²) in [6.07, 6.45) is 1.69. The van der Waals surface area contributed by atoms with Gasteiger partial charge in [0.2, 0.25) is 0 Å². The largest absolute Gasteiger partial charge is 0.455 e. The Kier molecular flexibility index (Phi) is 4.17. The topological polar surface area (TPSA) is 88.0 Å². The number of rotatable bonds is 3. The minimum Gasteiger partial charge on any atom is -0.455 e. The summed E-state index contributed by atoms with van der Waals surface area (Å²) in [6, 6.07) is 19.9. The summed E-state index contributed by atoms with van der Waals surface area (Å²) in [6.45, 7) is 1.74. The Morgan fingerprint density at radius 1 is 1.00 bits per heavy atom. The number of hydrogen-bond acceptors (Lipinski definition) is 4. The number of anilines is 1. The van der Waals surface area contributed by atoms with Gasteiger partial charge < -0.3 is 9.73 Å². The number of fused-ring (bicyclic) bond motifs is 2. The van der Waals surface area contributed by atoms with Crippen molar-refractivity contribution in [2.45, 2.75) is 6.92 Å². The molecule has 0 bridgehead atoms. The molecule has 0 saturated carbocycles. The molecule has 6 heteroatoms. The highest BCUT2D eigenvalue weighted by molar-refractivity contribution is 6.13. The molecule has 0 radical (unpaired) electrons. The maximum Gasteiger partial charge on any atom is 0.259 e. The molecular formula is C24H17N3O3. The highest BCUT2D eigenvalue weighted by atomic mass is 16.3. The number of nitrogens with one attached hydrogen (secondary N) is 2. The van der Waals surface area contributed by atoms with Crippen LogP contribution in [0.2, 0.25) is 0 Å². The fourth-order valence-electron chi connectivity index (χ4n) is 3.62. The predicted molar refractivity (Wildman–Crippen MR) is 117 cm³/mol. The van der Waals surface area contributed by atoms with E-state index in [1.165, 1.54) is 0 Å². The fourth-order valence-corrected chi connectivity index (χ4v) is 3.62. The third kappa shape index (κ3) is 2.86. The Morgan fingerprint density at radius 3 is 2.63 bits per heavy atom. The molecule has 0 aliphatic carbocycles. The zero-order valence-electron chi connectivity index (χ0n) is 16.1. The molecule has 0 saturated heterocycles. The van der Waals surface area contributed by atoms with Gasteiger partial charge in [0, 0.05) is 16.5 Å². The van der Waals surface area contributed by atoms with Crippen molar-refractivity contribution in [2.24, 2.45) is 0 Å². The first-order chi connectivity index (χ1) is 14.6. The van der Waals surface area contributed by atoms with E-state index in [1.54, 1.807) is 37.4 Å². The molecule has 0 aliphatic rings. The quantitative estimate of drug-likeness (QED) is 0.455. The van der Waals surface area contributed by atoms with Crippen molar-refractivity contribution in [1.82, 2.24) is 10.2 Å². The Hall–Kier alpha value is -4.19. The highest BCUT2D eigenvalue weighted by Crippen LogP contribution is 2.28. The van der Waals surface area contributed by atoms with E-state index in [-0.39, 0.29) is 16.9 Å². The molecule has 5 aromatic rings. The molecule has 2 aromatic heterocycles. The van der Waals surface area contributed by atoms with Crippen LogP contribution in [-0.2, 0) is 0 Å². The van der Waals surface area contributed by atoms with Crippen molar-refractivity contribution in [1.29, 1.82) is 0 Å². The van der Waals surface area contributed by atoms with Gasteiger partial charge in [-0.1, -0.05) is 48.5 Å². The van der Waals surface area contributed by atoms with Gasteiger partial charge >= 0.3 is 0 Å². The van der Waals surface area contributed by atoms with Crippen LogP contribution in [0, 0.1) is 6.92 Å². The van der Waals surface area contributed by atoms with Gasteiger partial charge in [0.1, 0.15) is 5.76 Å². The molecule has 2 N–H and O–H groups in total. The van der Waals surface area contributed by atoms with Crippen molar-refractivity contribution in [2.75, 3.05) is 5.32 Å². The van der Waals surface area contributed by atoms with Crippen LogP contribution in [0.4, 0.5) is 5.69 Å². The molecule has 1 amide bonds. The minimum absolute atomic E-state index is 0.152. The van der Waals surface area contributed by atoms with Crippen LogP contribution < -0.4 is 10.7 Å². The van der Waals surface area contributed by atoms with Crippen molar-refractivity contribution in [3.63, 3.8) is 0 Å². The molecular weight excluding hydrogens is 378 g/mol. The second-order valence-electron chi connectivity index (χ2n) is 7.03. The number of aromatic amines is 1. The molecule has 6 nitrogen and oxygen atoms in total. The summed E-state index contributed by atoms with van der Waals surface area (Å²) < 4.78 is 6.14. The van der Waals surface area contributed by atoms with Gasteiger partial charge in [-0.3, -0.25) is 14.7 Å². The second kappa shape index (κ2) is 7.00. The van der Waals surface area contributed by atoms with Crippen LogP contribution >= 0.6 is 0 Å². The van der Waals surface area contributed by atoms with Crippen LogP contribution in [0.5, 0.6) is 0 Å². The van der Waals surface area contributed by atoms with Crippen LogP contribution in [0.25, 0.3) is 33.2 Å². The third-order valence-corrected chi connectivity index (χ3v) is 5.15. The molecule has 0 aliphatic heterocycles. The standard InChI is InChI=1S/C24H17N3O3/c1-14-21(28)17-10-6-11-18(23(17)30-22(14)15-7-3-2-4-8-15)24(29)26-19-12-5-9-16-13-25-27-20(16)19/h2-13H,1H3,(H,25,27)(H,26,29). The Balaban J connectivity index is 1.66. The molecule has 0 fully saturated rings. The van der Waals surface area contributed by atoms with E-state index in [1.807, 2.05) is 42.5 Å². The van der Waals surface area contributed by atoms with Gasteiger partial charge in [-0.05, 0) is 25.1 Å². The summed E-state index contributed by atoms with van der Waals surface area (Å²) in [7, 11) is 0. The van der Waals surface area contributed by atoms with E-state index >= 15 is 0 Å². The number of nitrogens with zero attached hydrogens (tertiary/aromatic N) is 1. The number of para-hydroxylation sites is 2. The van der Waals surface area contributed by atoms with Crippen molar-refractivity contribution >= 4 is 33.5 Å². The summed E-state index contributed by atoms with van der Waals surface area (Å²) in [4.78, 5) is 26.1. The fraction of sp³-hybridized carbons (Fsp3) is 0.0417. The first kappa shape index (κ1) is 17.9. The average molecular weight is 395 g/mol. The van der Waals surface area contributed by atoms with Gasteiger partial charge in [0.15, 0.2) is 11.0 Å². The normalized spacial score (nSPS) is 11.1. The zero-order valence-corrected chi connectivity index (χ0v) is 16.1. The molecule has 2 heterocycles. The maximum absolute atomic E-state index is 13.1. The maximum atomic E-state index is 13.1. The second-order valence-corrected chi connectivity index (χ2v) is 7.03. The first-order valence-corrected chi connectivity index (χ1v) is 9.49. The molecule has 0 unspecified atom stereocenters. The van der Waals surface area contributed by atoms with E-state index in [0.717, 1.165) is 16.5 Å². The first-order valence-electron chi connectivity index (χ1n) is 9.49. The monoisotopic (exact) mass is 395 g/mol. The van der Waals surface area contributed by atoms with Crippen molar-refractivity contribution in [3.05, 3.63) is 94.3 Å². The van der Waals surface area contributed by atoms with Crippen molar-refractivity contribution in [3.8, 4) is 11.3 Å². The molecule has 146 valence electrons.